The normalized spacial score (nSPS) is 16.4. The highest BCUT2D eigenvalue weighted by Gasteiger charge is 2.30. The molecule has 1 aliphatic rings. The van der Waals surface area contributed by atoms with Crippen LogP contribution in [0.2, 0.25) is 0 Å². The number of ether oxygens (including phenoxy) is 1. The molecule has 0 spiro atoms. The summed E-state index contributed by atoms with van der Waals surface area (Å²) >= 11 is 0. The van der Waals surface area contributed by atoms with Gasteiger partial charge in [-0.15, -0.1) is 0 Å². The highest BCUT2D eigenvalue weighted by molar-refractivity contribution is 7.89. The van der Waals surface area contributed by atoms with Crippen molar-refractivity contribution in [3.8, 4) is 5.75 Å². The van der Waals surface area contributed by atoms with Crippen LogP contribution in [-0.2, 0) is 10.0 Å². The minimum absolute atomic E-state index is 0.00766. The van der Waals surface area contributed by atoms with Crippen molar-refractivity contribution in [2.45, 2.75) is 30.7 Å². The molecule has 1 aromatic carbocycles. The molecule has 0 heterocycles. The zero-order chi connectivity index (χ0) is 16.5. The van der Waals surface area contributed by atoms with E-state index < -0.39 is 10.0 Å². The Labute approximate surface area is 131 Å². The van der Waals surface area contributed by atoms with Gasteiger partial charge in [0.1, 0.15) is 10.6 Å². The predicted molar refractivity (Wildman–Crippen MR) is 83.5 cm³/mol. The number of amides is 1. The highest BCUT2D eigenvalue weighted by Crippen LogP contribution is 2.32. The maximum absolute atomic E-state index is 12.3. The summed E-state index contributed by atoms with van der Waals surface area (Å²) in [7, 11) is 0.604. The van der Waals surface area contributed by atoms with Crippen LogP contribution in [0.1, 0.15) is 30.1 Å². The summed E-state index contributed by atoms with van der Waals surface area (Å²) in [6, 6.07) is 4.54. The molecule has 22 heavy (non-hydrogen) atoms. The lowest BCUT2D eigenvalue weighted by Crippen LogP contribution is -2.34. The van der Waals surface area contributed by atoms with Crippen molar-refractivity contribution in [3.63, 3.8) is 0 Å². The Kier molecular flexibility index (Phi) is 4.77. The molecule has 122 valence electrons. The second-order valence-electron chi connectivity index (χ2n) is 5.75. The van der Waals surface area contributed by atoms with Crippen molar-refractivity contribution >= 4 is 15.9 Å². The molecule has 0 saturated heterocycles. The monoisotopic (exact) mass is 326 g/mol. The molecule has 1 atom stereocenters. The van der Waals surface area contributed by atoms with Crippen molar-refractivity contribution < 1.29 is 17.9 Å². The fourth-order valence-electron chi connectivity index (χ4n) is 2.22. The van der Waals surface area contributed by atoms with E-state index in [4.69, 9.17) is 4.74 Å². The molecule has 2 rings (SSSR count). The number of carbonyl (C=O) groups excluding carboxylic acids is 1. The molecule has 1 saturated carbocycles. The van der Waals surface area contributed by atoms with Gasteiger partial charge in [-0.3, -0.25) is 4.79 Å². The molecule has 1 fully saturated rings. The first-order valence-electron chi connectivity index (χ1n) is 7.18. The number of sulfonamides is 1. The van der Waals surface area contributed by atoms with E-state index in [1.165, 1.54) is 33.3 Å². The molecule has 0 aromatic heterocycles. The number of benzene rings is 1. The molecular formula is C15H22N2O4S. The second kappa shape index (κ2) is 6.26. The van der Waals surface area contributed by atoms with E-state index in [0.717, 1.165) is 17.1 Å². The summed E-state index contributed by atoms with van der Waals surface area (Å²) in [4.78, 5) is 12.3. The lowest BCUT2D eigenvalue weighted by atomic mass is 10.1. The van der Waals surface area contributed by atoms with E-state index in [-0.39, 0.29) is 22.6 Å². The maximum Gasteiger partial charge on any atom is 0.251 e. The number of rotatable bonds is 6. The van der Waals surface area contributed by atoms with E-state index in [9.17, 15) is 13.2 Å². The van der Waals surface area contributed by atoms with Crippen LogP contribution in [0.15, 0.2) is 23.1 Å². The van der Waals surface area contributed by atoms with Crippen LogP contribution in [-0.4, -0.2) is 45.9 Å². The third kappa shape index (κ3) is 3.41. The van der Waals surface area contributed by atoms with Crippen LogP contribution in [0.3, 0.4) is 0 Å². The van der Waals surface area contributed by atoms with Crippen molar-refractivity contribution in [1.82, 2.24) is 9.62 Å². The first-order valence-corrected chi connectivity index (χ1v) is 8.62. The summed E-state index contributed by atoms with van der Waals surface area (Å²) in [6.07, 6.45) is 2.26. The van der Waals surface area contributed by atoms with Gasteiger partial charge >= 0.3 is 0 Å². The van der Waals surface area contributed by atoms with Gasteiger partial charge in [0.2, 0.25) is 10.0 Å². The Morgan fingerprint density at radius 2 is 2.00 bits per heavy atom. The summed E-state index contributed by atoms with van der Waals surface area (Å²) in [5.41, 5.74) is 0.314. The SMILES string of the molecule is COc1ccc(C(=O)NC(C)C2CC2)cc1S(=O)(=O)N(C)C. The van der Waals surface area contributed by atoms with Crippen LogP contribution >= 0.6 is 0 Å². The second-order valence-corrected chi connectivity index (χ2v) is 7.87. The van der Waals surface area contributed by atoms with Gasteiger partial charge in [0.25, 0.3) is 5.91 Å². The largest absolute Gasteiger partial charge is 0.495 e. The maximum atomic E-state index is 12.3. The average molecular weight is 326 g/mol. The first-order chi connectivity index (χ1) is 10.3. The number of hydrogen-bond acceptors (Lipinski definition) is 4. The van der Waals surface area contributed by atoms with E-state index in [1.807, 2.05) is 6.92 Å². The van der Waals surface area contributed by atoms with Gasteiger partial charge in [-0.1, -0.05) is 0 Å². The Morgan fingerprint density at radius 3 is 2.50 bits per heavy atom. The van der Waals surface area contributed by atoms with Crippen LogP contribution in [0, 0.1) is 5.92 Å². The van der Waals surface area contributed by atoms with Crippen molar-refractivity contribution in [2.24, 2.45) is 5.92 Å². The summed E-state index contributed by atoms with van der Waals surface area (Å²) < 4.78 is 30.9. The molecule has 1 aromatic rings. The van der Waals surface area contributed by atoms with E-state index in [0.29, 0.717) is 11.5 Å². The van der Waals surface area contributed by atoms with Gasteiger partial charge in [-0.2, -0.15) is 0 Å². The van der Waals surface area contributed by atoms with Crippen LogP contribution in [0.4, 0.5) is 0 Å². The van der Waals surface area contributed by atoms with Crippen molar-refractivity contribution in [1.29, 1.82) is 0 Å². The van der Waals surface area contributed by atoms with Gasteiger partial charge in [-0.05, 0) is 43.9 Å². The lowest BCUT2D eigenvalue weighted by molar-refractivity contribution is 0.0935. The quantitative estimate of drug-likeness (QED) is 0.859. The molecule has 6 nitrogen and oxygen atoms in total. The van der Waals surface area contributed by atoms with Gasteiger partial charge in [-0.25, -0.2) is 12.7 Å². The van der Waals surface area contributed by atoms with E-state index in [1.54, 1.807) is 6.07 Å². The molecule has 1 amide bonds. The van der Waals surface area contributed by atoms with Gasteiger partial charge < -0.3 is 10.1 Å². The number of methoxy groups -OCH3 is 1. The Morgan fingerprint density at radius 1 is 1.36 bits per heavy atom. The van der Waals surface area contributed by atoms with E-state index in [2.05, 4.69) is 5.32 Å². The fourth-order valence-corrected chi connectivity index (χ4v) is 3.30. The number of carbonyl (C=O) groups is 1. The first kappa shape index (κ1) is 16.8. The standard InChI is InChI=1S/C15H22N2O4S/c1-10(11-5-6-11)16-15(18)12-7-8-13(21-4)14(9-12)22(19,20)17(2)3/h7-11H,5-6H2,1-4H3,(H,16,18). The fraction of sp³-hybridized carbons (Fsp3) is 0.533. The van der Waals surface area contributed by atoms with Gasteiger partial charge in [0.15, 0.2) is 0 Å². The van der Waals surface area contributed by atoms with Crippen molar-refractivity contribution in [2.75, 3.05) is 21.2 Å². The van der Waals surface area contributed by atoms with E-state index >= 15 is 0 Å². The zero-order valence-corrected chi connectivity index (χ0v) is 14.1. The molecule has 7 heteroatoms. The smallest absolute Gasteiger partial charge is 0.251 e. The molecule has 1 unspecified atom stereocenters. The number of nitrogens with one attached hydrogen (secondary N) is 1. The molecule has 1 aliphatic carbocycles. The molecule has 1 N–H and O–H groups in total. The topological polar surface area (TPSA) is 75.7 Å². The van der Waals surface area contributed by atoms with Crippen LogP contribution in [0.25, 0.3) is 0 Å². The predicted octanol–water partition coefficient (Wildman–Crippen LogP) is 1.47. The molecule has 0 bridgehead atoms. The Balaban J connectivity index is 2.32. The number of nitrogens with zero attached hydrogens (tertiary/aromatic N) is 1. The van der Waals surface area contributed by atoms with Gasteiger partial charge in [0, 0.05) is 25.7 Å². The summed E-state index contributed by atoms with van der Waals surface area (Å²) in [5.74, 6) is 0.491. The molecule has 0 radical (unpaired) electrons. The van der Waals surface area contributed by atoms with Gasteiger partial charge in [0.05, 0.1) is 7.11 Å². The molecular weight excluding hydrogens is 304 g/mol. The van der Waals surface area contributed by atoms with Crippen LogP contribution in [0.5, 0.6) is 5.75 Å². The Bertz CT molecular complexity index is 666. The number of hydrogen-bond donors (Lipinski definition) is 1. The summed E-state index contributed by atoms with van der Waals surface area (Å²) in [5, 5.41) is 2.92. The van der Waals surface area contributed by atoms with Crippen molar-refractivity contribution in [3.05, 3.63) is 23.8 Å². The highest BCUT2D eigenvalue weighted by atomic mass is 32.2. The lowest BCUT2D eigenvalue weighted by Gasteiger charge is -2.17. The molecule has 0 aliphatic heterocycles. The summed E-state index contributed by atoms with van der Waals surface area (Å²) in [6.45, 7) is 1.97. The minimum Gasteiger partial charge on any atom is -0.495 e. The van der Waals surface area contributed by atoms with Crippen LogP contribution < -0.4 is 10.1 Å². The minimum atomic E-state index is -3.68. The zero-order valence-electron chi connectivity index (χ0n) is 13.3. The third-order valence-electron chi connectivity index (χ3n) is 3.87. The third-order valence-corrected chi connectivity index (χ3v) is 5.71. The average Bonchev–Trinajstić information content (AvgIpc) is 3.30. The Hall–Kier alpha value is -1.60.